The van der Waals surface area contributed by atoms with Gasteiger partial charge in [0, 0.05) is 31.8 Å². The Morgan fingerprint density at radius 2 is 1.19 bits per heavy atom. The number of aliphatic carboxylic acids is 1. The number of carboxylic acids is 1. The molecule has 2 saturated heterocycles. The summed E-state index contributed by atoms with van der Waals surface area (Å²) in [6.45, 7) is 2.10. The Hall–Kier alpha value is -6.89. The Bertz CT molecular complexity index is 2090. The first-order valence-corrected chi connectivity index (χ1v) is 24.9. The predicted octanol–water partition coefficient (Wildman–Crippen LogP) is -2.37. The molecule has 0 bridgehead atoms. The number of nitrogens with two attached hydrogens (primary N) is 2. The number of phenols is 1. The quantitative estimate of drug-likeness (QED) is 0.0573. The third kappa shape index (κ3) is 21.0. The predicted molar refractivity (Wildman–Crippen MR) is 260 cm³/mol. The van der Waals surface area contributed by atoms with Crippen LogP contribution in [0.3, 0.4) is 0 Å². The third-order valence-electron chi connectivity index (χ3n) is 12.5. The molecule has 25 heteroatoms. The SMILES string of the molecule is CCCCCCCCCCCC1CC(=O)N[C@@H](CC(N)=O)C(=O)NC(Cc2ccc(O)cc2)C(=O)N[C@@H](CC(N)=O)C(=O)N2CCC[C@H]2C(=O)N[C@@H](CCC(=O)O)C(=O)N[C@@H](CO)C(=O)NC([C@@H](C)O)C(=O)N1. The zero-order chi connectivity index (χ0) is 54.2. The number of nitrogens with one attached hydrogen (secondary N) is 7. The summed E-state index contributed by atoms with van der Waals surface area (Å²) in [6.07, 6.45) is 3.55. The first-order valence-electron chi connectivity index (χ1n) is 24.9. The molecule has 73 heavy (non-hydrogen) atoms. The molecule has 2 heterocycles. The number of aliphatic hydroxyl groups excluding tert-OH is 2. The van der Waals surface area contributed by atoms with E-state index in [1.54, 1.807) is 0 Å². The number of hydrogen-bond acceptors (Lipinski definition) is 14. The van der Waals surface area contributed by atoms with Crippen LogP contribution in [0.1, 0.15) is 129 Å². The molecule has 9 atom stereocenters. The number of carbonyl (C=O) groups is 11. The summed E-state index contributed by atoms with van der Waals surface area (Å²) in [5, 5.41) is 57.3. The summed E-state index contributed by atoms with van der Waals surface area (Å²) in [5.41, 5.74) is 11.4. The van der Waals surface area contributed by atoms with E-state index >= 15 is 0 Å². The van der Waals surface area contributed by atoms with Crippen molar-refractivity contribution in [2.45, 2.75) is 184 Å². The van der Waals surface area contributed by atoms with E-state index < -0.39 is 158 Å². The number of nitrogens with zero attached hydrogens (tertiary/aromatic N) is 1. The molecule has 0 aliphatic carbocycles. The van der Waals surface area contributed by atoms with Crippen molar-refractivity contribution in [1.29, 1.82) is 0 Å². The number of carboxylic acid groups (broad SMARTS) is 1. The number of aromatic hydroxyl groups is 1. The highest BCUT2D eigenvalue weighted by molar-refractivity contribution is 6.00. The minimum atomic E-state index is -1.84. The Morgan fingerprint density at radius 1 is 0.658 bits per heavy atom. The number of amides is 10. The molecular weight excluding hydrogens is 957 g/mol. The molecule has 406 valence electrons. The topological polar surface area (TPSA) is 408 Å². The number of benzene rings is 1. The van der Waals surface area contributed by atoms with Gasteiger partial charge in [-0.1, -0.05) is 76.8 Å². The lowest BCUT2D eigenvalue weighted by Crippen LogP contribution is -2.61. The zero-order valence-electron chi connectivity index (χ0n) is 41.5. The summed E-state index contributed by atoms with van der Waals surface area (Å²) in [5.74, 6) is -11.9. The maximum absolute atomic E-state index is 14.3. The van der Waals surface area contributed by atoms with Gasteiger partial charge in [0.2, 0.25) is 59.1 Å². The molecule has 10 amide bonds. The van der Waals surface area contributed by atoms with Crippen LogP contribution in [0.25, 0.3) is 0 Å². The van der Waals surface area contributed by atoms with Crippen LogP contribution in [0.4, 0.5) is 0 Å². The second-order valence-electron chi connectivity index (χ2n) is 18.6. The van der Waals surface area contributed by atoms with Crippen LogP contribution in [0.15, 0.2) is 24.3 Å². The number of fused-ring (bicyclic) bond motifs is 1. The summed E-state index contributed by atoms with van der Waals surface area (Å²) in [7, 11) is 0. The van der Waals surface area contributed by atoms with Crippen LogP contribution < -0.4 is 48.7 Å². The average Bonchev–Trinajstić information content (AvgIpc) is 3.82. The van der Waals surface area contributed by atoms with Crippen molar-refractivity contribution in [1.82, 2.24) is 42.1 Å². The van der Waals surface area contributed by atoms with E-state index in [0.717, 1.165) is 49.8 Å². The molecule has 0 radical (unpaired) electrons. The molecule has 2 fully saturated rings. The Kier molecular flexibility index (Phi) is 25.5. The van der Waals surface area contributed by atoms with Crippen molar-refractivity contribution < 1.29 is 73.2 Å². The summed E-state index contributed by atoms with van der Waals surface area (Å²) in [4.78, 5) is 149. The van der Waals surface area contributed by atoms with Crippen LogP contribution in [0, 0.1) is 0 Å². The highest BCUT2D eigenvalue weighted by Gasteiger charge is 2.41. The van der Waals surface area contributed by atoms with Gasteiger partial charge in [-0.3, -0.25) is 52.7 Å². The first kappa shape index (κ1) is 60.4. The number of carbonyl (C=O) groups excluding carboxylic acids is 10. The van der Waals surface area contributed by atoms with Crippen LogP contribution in [-0.2, 0) is 59.2 Å². The monoisotopic (exact) mass is 1030 g/mol. The molecule has 0 saturated carbocycles. The smallest absolute Gasteiger partial charge is 0.303 e. The van der Waals surface area contributed by atoms with Gasteiger partial charge in [-0.05, 0) is 50.3 Å². The van der Waals surface area contributed by atoms with E-state index in [1.165, 1.54) is 31.2 Å². The van der Waals surface area contributed by atoms with Gasteiger partial charge in [0.05, 0.1) is 25.6 Å². The minimum Gasteiger partial charge on any atom is -0.508 e. The highest BCUT2D eigenvalue weighted by Crippen LogP contribution is 2.21. The molecule has 3 unspecified atom stereocenters. The van der Waals surface area contributed by atoms with Crippen LogP contribution in [0.5, 0.6) is 5.75 Å². The lowest BCUT2D eigenvalue weighted by molar-refractivity contribution is -0.143. The summed E-state index contributed by atoms with van der Waals surface area (Å²) < 4.78 is 0. The maximum atomic E-state index is 14.3. The fourth-order valence-corrected chi connectivity index (χ4v) is 8.56. The van der Waals surface area contributed by atoms with Crippen molar-refractivity contribution in [3.63, 3.8) is 0 Å². The third-order valence-corrected chi connectivity index (χ3v) is 12.5. The fraction of sp³-hybridized carbons (Fsp3) is 0.646. The van der Waals surface area contributed by atoms with Gasteiger partial charge in [0.15, 0.2) is 0 Å². The van der Waals surface area contributed by atoms with E-state index in [2.05, 4.69) is 44.1 Å². The molecular formula is C48H74N10O15. The van der Waals surface area contributed by atoms with Crippen molar-refractivity contribution in [2.24, 2.45) is 11.5 Å². The molecule has 15 N–H and O–H groups in total. The number of hydrogen-bond donors (Lipinski definition) is 13. The molecule has 0 spiro atoms. The Morgan fingerprint density at radius 3 is 1.78 bits per heavy atom. The normalized spacial score (nSPS) is 24.7. The lowest BCUT2D eigenvalue weighted by atomic mass is 10.0. The lowest BCUT2D eigenvalue weighted by Gasteiger charge is -2.30. The van der Waals surface area contributed by atoms with E-state index in [9.17, 15) is 73.2 Å². The fourth-order valence-electron chi connectivity index (χ4n) is 8.56. The van der Waals surface area contributed by atoms with E-state index in [4.69, 9.17) is 11.5 Å². The van der Waals surface area contributed by atoms with Crippen LogP contribution in [-0.4, -0.2) is 158 Å². The highest BCUT2D eigenvalue weighted by atomic mass is 16.4. The average molecular weight is 1030 g/mol. The Labute approximate surface area is 423 Å². The molecule has 25 nitrogen and oxygen atoms in total. The van der Waals surface area contributed by atoms with E-state index in [0.29, 0.717) is 18.4 Å². The Balaban J connectivity index is 2.12. The standard InChI is InChI=1S/C48H74N10O15/c1-3-4-5-6-7-8-9-10-11-13-29-23-39(64)52-33(24-37(49)62)44(69)54-32(22-28-15-17-30(61)18-16-28)43(68)55-34(25-38(50)63)48(73)58-21-12-14-36(58)46(71)53-31(19-20-40(65)66)42(67)56-35(26-59)45(70)57-41(27(2)60)47(72)51-29/h15-18,27,29,31-36,41,59-61H,3-14,19-26H2,1-2H3,(H2,49,62)(H2,50,63)(H,51,72)(H,52,64)(H,53,71)(H,54,69)(H,55,68)(H,56,67)(H,57,70)(H,65,66)/t27-,29?,31+,32?,33+,34+,35+,36+,41?/m1/s1. The van der Waals surface area contributed by atoms with Gasteiger partial charge < -0.3 is 74.0 Å². The van der Waals surface area contributed by atoms with Gasteiger partial charge in [-0.25, -0.2) is 0 Å². The van der Waals surface area contributed by atoms with Gasteiger partial charge in [0.25, 0.3) is 0 Å². The number of unbranched alkanes of at least 4 members (excludes halogenated alkanes) is 8. The van der Waals surface area contributed by atoms with E-state index in [1.807, 2.05) is 0 Å². The van der Waals surface area contributed by atoms with Crippen molar-refractivity contribution in [3.8, 4) is 5.75 Å². The van der Waals surface area contributed by atoms with Crippen molar-refractivity contribution in [3.05, 3.63) is 29.8 Å². The number of aliphatic hydroxyl groups is 2. The minimum absolute atomic E-state index is 0.0148. The first-order chi connectivity index (χ1) is 34.6. The van der Waals surface area contributed by atoms with E-state index in [-0.39, 0.29) is 38.0 Å². The number of primary amides is 2. The second kappa shape index (κ2) is 30.9. The van der Waals surface area contributed by atoms with Gasteiger partial charge in [0.1, 0.15) is 48.0 Å². The molecule has 0 aromatic heterocycles. The molecule has 1 aromatic carbocycles. The van der Waals surface area contributed by atoms with Gasteiger partial charge in [-0.2, -0.15) is 0 Å². The summed E-state index contributed by atoms with van der Waals surface area (Å²) >= 11 is 0. The van der Waals surface area contributed by atoms with Crippen molar-refractivity contribution >= 4 is 65.0 Å². The molecule has 2 aliphatic heterocycles. The largest absolute Gasteiger partial charge is 0.508 e. The zero-order valence-corrected chi connectivity index (χ0v) is 41.5. The van der Waals surface area contributed by atoms with Gasteiger partial charge >= 0.3 is 5.97 Å². The molecule has 1 aromatic rings. The molecule has 2 aliphatic rings. The van der Waals surface area contributed by atoms with Crippen LogP contribution >= 0.6 is 0 Å². The summed E-state index contributed by atoms with van der Waals surface area (Å²) in [6, 6.07) is -7.32. The van der Waals surface area contributed by atoms with Crippen LogP contribution in [0.2, 0.25) is 0 Å². The second-order valence-corrected chi connectivity index (χ2v) is 18.6. The molecule has 3 rings (SSSR count). The number of phenolic OH excluding ortho intramolecular Hbond substituents is 1. The van der Waals surface area contributed by atoms with Crippen molar-refractivity contribution in [2.75, 3.05) is 13.2 Å². The maximum Gasteiger partial charge on any atom is 0.303 e. The number of rotatable bonds is 21. The van der Waals surface area contributed by atoms with Gasteiger partial charge in [-0.15, -0.1) is 0 Å².